The molecule has 0 saturated heterocycles. The van der Waals surface area contributed by atoms with Crippen molar-refractivity contribution < 1.29 is 9.53 Å². The van der Waals surface area contributed by atoms with Gasteiger partial charge in [-0.15, -0.1) is 11.3 Å². The zero-order valence-corrected chi connectivity index (χ0v) is 9.50. The lowest BCUT2D eigenvalue weighted by Crippen LogP contribution is -2.37. The summed E-state index contributed by atoms with van der Waals surface area (Å²) in [5.41, 5.74) is 0. The van der Waals surface area contributed by atoms with Crippen molar-refractivity contribution in [1.29, 1.82) is 0 Å². The third kappa shape index (κ3) is 2.56. The van der Waals surface area contributed by atoms with Crippen LogP contribution in [0.4, 0.5) is 0 Å². The van der Waals surface area contributed by atoms with E-state index in [2.05, 4.69) is 0 Å². The van der Waals surface area contributed by atoms with Gasteiger partial charge in [0.25, 0.3) is 5.91 Å². The first-order chi connectivity index (χ1) is 6.66. The number of carbonyl (C=O) groups is 1. The molecule has 0 bridgehead atoms. The molecule has 0 fully saturated rings. The fraction of sp³-hybridized carbons (Fsp3) is 0.500. The Bertz CT molecular complexity index is 284. The van der Waals surface area contributed by atoms with Crippen LogP contribution in [0.15, 0.2) is 17.5 Å². The molecule has 0 saturated carbocycles. The average molecular weight is 213 g/mol. The van der Waals surface area contributed by atoms with Crippen LogP contribution < -0.4 is 0 Å². The van der Waals surface area contributed by atoms with E-state index in [1.165, 1.54) is 11.3 Å². The smallest absolute Gasteiger partial charge is 0.263 e. The molecule has 0 aliphatic heterocycles. The molecule has 0 aliphatic carbocycles. The number of likely N-dealkylation sites (N-methyl/N-ethyl adjacent to an activating group) is 1. The number of hydrogen-bond acceptors (Lipinski definition) is 3. The Labute approximate surface area is 88.3 Å². The molecule has 0 spiro atoms. The Morgan fingerprint density at radius 1 is 1.71 bits per heavy atom. The molecule has 1 unspecified atom stereocenters. The molecule has 0 aromatic carbocycles. The maximum absolute atomic E-state index is 11.8. The van der Waals surface area contributed by atoms with Crippen LogP contribution in [-0.4, -0.2) is 37.6 Å². The van der Waals surface area contributed by atoms with Gasteiger partial charge in [-0.05, 0) is 18.4 Å². The maximum atomic E-state index is 11.8. The molecule has 1 atom stereocenters. The lowest BCUT2D eigenvalue weighted by molar-refractivity contribution is 0.0638. The van der Waals surface area contributed by atoms with Crippen LogP contribution >= 0.6 is 11.3 Å². The predicted octanol–water partition coefficient (Wildman–Crippen LogP) is 1.86. The third-order valence-electron chi connectivity index (χ3n) is 2.12. The van der Waals surface area contributed by atoms with Crippen molar-refractivity contribution in [3.63, 3.8) is 0 Å². The van der Waals surface area contributed by atoms with Crippen LogP contribution in [-0.2, 0) is 4.74 Å². The fourth-order valence-corrected chi connectivity index (χ4v) is 1.83. The molecular formula is C10H15NO2S. The molecule has 78 valence electrons. The summed E-state index contributed by atoms with van der Waals surface area (Å²) >= 11 is 1.46. The van der Waals surface area contributed by atoms with Gasteiger partial charge in [-0.3, -0.25) is 4.79 Å². The maximum Gasteiger partial charge on any atom is 0.263 e. The molecule has 1 aromatic heterocycles. The first-order valence-corrected chi connectivity index (χ1v) is 5.34. The second-order valence-corrected chi connectivity index (χ2v) is 4.15. The van der Waals surface area contributed by atoms with Crippen LogP contribution in [0.3, 0.4) is 0 Å². The third-order valence-corrected chi connectivity index (χ3v) is 2.98. The second-order valence-electron chi connectivity index (χ2n) is 3.20. The molecule has 3 nitrogen and oxygen atoms in total. The monoisotopic (exact) mass is 213 g/mol. The van der Waals surface area contributed by atoms with E-state index in [-0.39, 0.29) is 11.9 Å². The van der Waals surface area contributed by atoms with E-state index in [1.807, 2.05) is 24.4 Å². The number of nitrogens with zero attached hydrogens (tertiary/aromatic N) is 1. The van der Waals surface area contributed by atoms with E-state index in [9.17, 15) is 4.79 Å². The minimum atomic E-state index is 0.0598. The Morgan fingerprint density at radius 3 is 2.93 bits per heavy atom. The number of ether oxygens (including phenoxy) is 1. The van der Waals surface area contributed by atoms with E-state index in [0.717, 1.165) is 4.88 Å². The van der Waals surface area contributed by atoms with Crippen LogP contribution in [0.25, 0.3) is 0 Å². The van der Waals surface area contributed by atoms with Gasteiger partial charge in [0.2, 0.25) is 0 Å². The minimum Gasteiger partial charge on any atom is -0.383 e. The molecule has 0 aliphatic rings. The molecule has 1 heterocycles. The summed E-state index contributed by atoms with van der Waals surface area (Å²) in [6.45, 7) is 2.53. The van der Waals surface area contributed by atoms with Gasteiger partial charge in [-0.25, -0.2) is 0 Å². The molecule has 0 N–H and O–H groups in total. The topological polar surface area (TPSA) is 29.5 Å². The number of amides is 1. The van der Waals surface area contributed by atoms with Crippen molar-refractivity contribution in [3.05, 3.63) is 22.4 Å². The quantitative estimate of drug-likeness (QED) is 0.764. The molecule has 14 heavy (non-hydrogen) atoms. The van der Waals surface area contributed by atoms with E-state index in [4.69, 9.17) is 4.74 Å². The van der Waals surface area contributed by atoms with Gasteiger partial charge in [-0.2, -0.15) is 0 Å². The van der Waals surface area contributed by atoms with E-state index in [1.54, 1.807) is 19.1 Å². The van der Waals surface area contributed by atoms with Gasteiger partial charge in [-0.1, -0.05) is 6.07 Å². The number of thiophene rings is 1. The summed E-state index contributed by atoms with van der Waals surface area (Å²) < 4.78 is 5.00. The number of rotatable bonds is 4. The van der Waals surface area contributed by atoms with Gasteiger partial charge in [0.15, 0.2) is 0 Å². The molecule has 1 amide bonds. The van der Waals surface area contributed by atoms with Crippen molar-refractivity contribution in [2.75, 3.05) is 20.8 Å². The highest BCUT2D eigenvalue weighted by Gasteiger charge is 2.17. The van der Waals surface area contributed by atoms with Gasteiger partial charge >= 0.3 is 0 Å². The first-order valence-electron chi connectivity index (χ1n) is 4.46. The van der Waals surface area contributed by atoms with Crippen LogP contribution in [0.5, 0.6) is 0 Å². The molecule has 1 aromatic rings. The van der Waals surface area contributed by atoms with Crippen molar-refractivity contribution in [2.24, 2.45) is 0 Å². The van der Waals surface area contributed by atoms with Crippen molar-refractivity contribution >= 4 is 17.2 Å². The fourth-order valence-electron chi connectivity index (χ4n) is 1.13. The molecule has 0 radical (unpaired) electrons. The van der Waals surface area contributed by atoms with Gasteiger partial charge in [0, 0.05) is 14.2 Å². The predicted molar refractivity (Wildman–Crippen MR) is 57.8 cm³/mol. The standard InChI is InChI=1S/C10H15NO2S/c1-8(7-13-3)11(2)10(12)9-5-4-6-14-9/h4-6,8H,7H2,1-3H3. The van der Waals surface area contributed by atoms with E-state index >= 15 is 0 Å². The van der Waals surface area contributed by atoms with Crippen molar-refractivity contribution in [1.82, 2.24) is 4.90 Å². The normalized spacial score (nSPS) is 12.5. The Hall–Kier alpha value is -0.870. The zero-order valence-electron chi connectivity index (χ0n) is 8.69. The SMILES string of the molecule is COCC(C)N(C)C(=O)c1cccs1. The van der Waals surface area contributed by atoms with Gasteiger partial charge in [0.1, 0.15) is 0 Å². The minimum absolute atomic E-state index is 0.0598. The largest absolute Gasteiger partial charge is 0.383 e. The number of methoxy groups -OCH3 is 1. The summed E-state index contributed by atoms with van der Waals surface area (Å²) in [4.78, 5) is 14.3. The van der Waals surface area contributed by atoms with Crippen LogP contribution in [0, 0.1) is 0 Å². The molecular weight excluding hydrogens is 198 g/mol. The molecule has 4 heteroatoms. The Kier molecular flexibility index (Phi) is 4.10. The highest BCUT2D eigenvalue weighted by atomic mass is 32.1. The number of hydrogen-bond donors (Lipinski definition) is 0. The average Bonchev–Trinajstić information content (AvgIpc) is 2.68. The van der Waals surface area contributed by atoms with E-state index in [0.29, 0.717) is 6.61 Å². The van der Waals surface area contributed by atoms with Crippen LogP contribution in [0.2, 0.25) is 0 Å². The lowest BCUT2D eigenvalue weighted by atomic mass is 10.3. The zero-order chi connectivity index (χ0) is 10.6. The molecule has 1 rings (SSSR count). The highest BCUT2D eigenvalue weighted by molar-refractivity contribution is 7.12. The summed E-state index contributed by atoms with van der Waals surface area (Å²) in [5, 5.41) is 1.90. The summed E-state index contributed by atoms with van der Waals surface area (Å²) in [6, 6.07) is 3.82. The van der Waals surface area contributed by atoms with Crippen LogP contribution in [0.1, 0.15) is 16.6 Å². The first kappa shape index (κ1) is 11.2. The van der Waals surface area contributed by atoms with Gasteiger partial charge < -0.3 is 9.64 Å². The summed E-state index contributed by atoms with van der Waals surface area (Å²) in [7, 11) is 3.44. The number of carbonyl (C=O) groups excluding carboxylic acids is 1. The summed E-state index contributed by atoms with van der Waals surface area (Å²) in [6.07, 6.45) is 0. The van der Waals surface area contributed by atoms with E-state index < -0.39 is 0 Å². The van der Waals surface area contributed by atoms with Crippen molar-refractivity contribution in [2.45, 2.75) is 13.0 Å². The lowest BCUT2D eigenvalue weighted by Gasteiger charge is -2.23. The highest BCUT2D eigenvalue weighted by Crippen LogP contribution is 2.12. The van der Waals surface area contributed by atoms with Crippen molar-refractivity contribution in [3.8, 4) is 0 Å². The Morgan fingerprint density at radius 2 is 2.43 bits per heavy atom. The Balaban J connectivity index is 2.61. The second kappa shape index (κ2) is 5.12. The van der Waals surface area contributed by atoms with Gasteiger partial charge in [0.05, 0.1) is 17.5 Å². The summed E-state index contributed by atoms with van der Waals surface area (Å²) in [5.74, 6) is 0.0598.